The number of para-hydroxylation sites is 1. The van der Waals surface area contributed by atoms with Crippen LogP contribution in [0.15, 0.2) is 57.8 Å². The molecule has 0 saturated heterocycles. The first-order chi connectivity index (χ1) is 12.5. The Morgan fingerprint density at radius 2 is 1.77 bits per heavy atom. The number of anilines is 3. The second-order valence-electron chi connectivity index (χ2n) is 5.76. The molecule has 6 nitrogen and oxygen atoms in total. The van der Waals surface area contributed by atoms with Crippen molar-refractivity contribution >= 4 is 45.6 Å². The van der Waals surface area contributed by atoms with Crippen molar-refractivity contribution in [3.05, 3.63) is 54.1 Å². The smallest absolute Gasteiger partial charge is 0.325 e. The minimum Gasteiger partial charge on any atom is -0.378 e. The summed E-state index contributed by atoms with van der Waals surface area (Å²) in [5, 5.41) is 14.2. The van der Waals surface area contributed by atoms with Crippen molar-refractivity contribution in [3.8, 4) is 0 Å². The van der Waals surface area contributed by atoms with E-state index in [9.17, 15) is 4.79 Å². The number of hydrogen-bond acceptors (Lipinski definition) is 6. The van der Waals surface area contributed by atoms with Crippen molar-refractivity contribution in [2.45, 2.75) is 16.2 Å². The molecule has 1 heterocycles. The van der Waals surface area contributed by atoms with Gasteiger partial charge in [-0.05, 0) is 42.8 Å². The molecule has 2 N–H and O–H groups in total. The van der Waals surface area contributed by atoms with Crippen molar-refractivity contribution in [1.29, 1.82) is 0 Å². The molecule has 0 saturated carbocycles. The van der Waals surface area contributed by atoms with Crippen molar-refractivity contribution in [1.82, 2.24) is 10.2 Å². The second kappa shape index (κ2) is 8.20. The lowest BCUT2D eigenvalue weighted by atomic mass is 10.2. The number of urea groups is 1. The number of carbonyl (C=O) groups is 1. The number of amides is 2. The van der Waals surface area contributed by atoms with E-state index in [1.807, 2.05) is 57.4 Å². The zero-order chi connectivity index (χ0) is 18.5. The predicted molar refractivity (Wildman–Crippen MR) is 109 cm³/mol. The first kappa shape index (κ1) is 18.2. The summed E-state index contributed by atoms with van der Waals surface area (Å²) in [5.74, 6) is 0. The van der Waals surface area contributed by atoms with Gasteiger partial charge in [0, 0.05) is 30.4 Å². The largest absolute Gasteiger partial charge is 0.378 e. The molecule has 0 radical (unpaired) electrons. The van der Waals surface area contributed by atoms with Crippen molar-refractivity contribution < 1.29 is 4.79 Å². The number of nitrogens with zero attached hydrogens (tertiary/aromatic N) is 3. The Kier molecular flexibility index (Phi) is 5.75. The molecule has 3 rings (SSSR count). The van der Waals surface area contributed by atoms with Gasteiger partial charge in [-0.2, -0.15) is 0 Å². The van der Waals surface area contributed by atoms with Gasteiger partial charge < -0.3 is 10.2 Å². The molecule has 8 heteroatoms. The summed E-state index contributed by atoms with van der Waals surface area (Å²) in [4.78, 5) is 15.2. The van der Waals surface area contributed by atoms with Crippen LogP contribution in [0.3, 0.4) is 0 Å². The SMILES string of the molecule is Cc1ccccc1NC(=O)Nc1nnc(Sc2ccc(N(C)C)cc2)s1. The van der Waals surface area contributed by atoms with Gasteiger partial charge in [0.1, 0.15) is 0 Å². The van der Waals surface area contributed by atoms with Crippen LogP contribution < -0.4 is 15.5 Å². The lowest BCUT2D eigenvalue weighted by Gasteiger charge is -2.11. The van der Waals surface area contributed by atoms with Gasteiger partial charge in [-0.25, -0.2) is 4.79 Å². The third-order valence-electron chi connectivity index (χ3n) is 3.58. The second-order valence-corrected chi connectivity index (χ2v) is 8.06. The lowest BCUT2D eigenvalue weighted by Crippen LogP contribution is -2.19. The van der Waals surface area contributed by atoms with E-state index in [0.717, 1.165) is 26.2 Å². The van der Waals surface area contributed by atoms with Crippen LogP contribution in [0.4, 0.5) is 21.3 Å². The fraction of sp³-hybridized carbons (Fsp3) is 0.167. The van der Waals surface area contributed by atoms with E-state index in [2.05, 4.69) is 37.9 Å². The molecule has 3 aromatic rings. The minimum absolute atomic E-state index is 0.331. The van der Waals surface area contributed by atoms with E-state index >= 15 is 0 Å². The summed E-state index contributed by atoms with van der Waals surface area (Å²) < 4.78 is 0.772. The first-order valence-electron chi connectivity index (χ1n) is 7.93. The van der Waals surface area contributed by atoms with Crippen LogP contribution in [0, 0.1) is 6.92 Å². The van der Waals surface area contributed by atoms with E-state index in [1.54, 1.807) is 0 Å². The monoisotopic (exact) mass is 385 g/mol. The molecule has 0 atom stereocenters. The highest BCUT2D eigenvalue weighted by atomic mass is 32.2. The van der Waals surface area contributed by atoms with Crippen LogP contribution >= 0.6 is 23.1 Å². The fourth-order valence-electron chi connectivity index (χ4n) is 2.18. The Balaban J connectivity index is 1.59. The van der Waals surface area contributed by atoms with Gasteiger partial charge in [-0.15, -0.1) is 10.2 Å². The van der Waals surface area contributed by atoms with Crippen LogP contribution in [0.2, 0.25) is 0 Å². The molecule has 2 aromatic carbocycles. The van der Waals surface area contributed by atoms with Crippen LogP contribution in [0.25, 0.3) is 0 Å². The Morgan fingerprint density at radius 3 is 2.46 bits per heavy atom. The van der Waals surface area contributed by atoms with Crippen LogP contribution in [0.1, 0.15) is 5.56 Å². The van der Waals surface area contributed by atoms with Crippen LogP contribution in [-0.4, -0.2) is 30.3 Å². The van der Waals surface area contributed by atoms with Crippen molar-refractivity contribution in [2.24, 2.45) is 0 Å². The van der Waals surface area contributed by atoms with Gasteiger partial charge in [0.2, 0.25) is 5.13 Å². The fourth-order valence-corrected chi connectivity index (χ4v) is 3.90. The molecule has 0 fully saturated rings. The van der Waals surface area contributed by atoms with Gasteiger partial charge >= 0.3 is 6.03 Å². The van der Waals surface area contributed by atoms with Gasteiger partial charge in [0.05, 0.1) is 0 Å². The number of benzene rings is 2. The quantitative estimate of drug-likeness (QED) is 0.623. The van der Waals surface area contributed by atoms with Crippen molar-refractivity contribution in [3.63, 3.8) is 0 Å². The van der Waals surface area contributed by atoms with E-state index in [1.165, 1.54) is 23.1 Å². The molecule has 0 bridgehead atoms. The molecular formula is C18H19N5OS2. The zero-order valence-electron chi connectivity index (χ0n) is 14.7. The normalized spacial score (nSPS) is 10.4. The average molecular weight is 386 g/mol. The standard InChI is InChI=1S/C18H19N5OS2/c1-12-6-4-5-7-15(12)19-16(24)20-17-21-22-18(26-17)25-14-10-8-13(9-11-14)23(2)3/h4-11H,1-3H3,(H2,19,20,21,24). The Labute approximate surface area is 160 Å². The summed E-state index contributed by atoms with van der Waals surface area (Å²) in [6.07, 6.45) is 0. The van der Waals surface area contributed by atoms with E-state index in [-0.39, 0.29) is 6.03 Å². The third kappa shape index (κ3) is 4.74. The molecule has 2 amide bonds. The highest BCUT2D eigenvalue weighted by molar-refractivity contribution is 8.01. The van der Waals surface area contributed by atoms with Gasteiger partial charge in [0.25, 0.3) is 0 Å². The number of rotatable bonds is 5. The van der Waals surface area contributed by atoms with Gasteiger partial charge in [-0.1, -0.05) is 41.3 Å². The summed E-state index contributed by atoms with van der Waals surface area (Å²) in [5.41, 5.74) is 2.91. The van der Waals surface area contributed by atoms with E-state index in [4.69, 9.17) is 0 Å². The van der Waals surface area contributed by atoms with Crippen molar-refractivity contribution in [2.75, 3.05) is 29.6 Å². The summed E-state index contributed by atoms with van der Waals surface area (Å²) >= 11 is 2.86. The first-order valence-corrected chi connectivity index (χ1v) is 9.57. The number of hydrogen-bond donors (Lipinski definition) is 2. The molecule has 0 aliphatic rings. The van der Waals surface area contributed by atoms with Crippen LogP contribution in [0.5, 0.6) is 0 Å². The van der Waals surface area contributed by atoms with Gasteiger partial charge in [-0.3, -0.25) is 5.32 Å². The molecule has 26 heavy (non-hydrogen) atoms. The molecule has 0 aliphatic heterocycles. The Bertz CT molecular complexity index is 893. The maximum Gasteiger partial charge on any atom is 0.325 e. The number of carbonyl (C=O) groups excluding carboxylic acids is 1. The molecule has 0 spiro atoms. The third-order valence-corrected chi connectivity index (χ3v) is 5.48. The average Bonchev–Trinajstić information content (AvgIpc) is 3.04. The summed E-state index contributed by atoms with van der Waals surface area (Å²) in [6, 6.07) is 15.5. The van der Waals surface area contributed by atoms with E-state index in [0.29, 0.717) is 5.13 Å². The van der Waals surface area contributed by atoms with E-state index < -0.39 is 0 Å². The van der Waals surface area contributed by atoms with Gasteiger partial charge in [0.15, 0.2) is 4.34 Å². The lowest BCUT2D eigenvalue weighted by molar-refractivity contribution is 0.262. The van der Waals surface area contributed by atoms with Crippen LogP contribution in [-0.2, 0) is 0 Å². The highest BCUT2D eigenvalue weighted by Gasteiger charge is 2.10. The number of aryl methyl sites for hydroxylation is 1. The molecule has 0 aliphatic carbocycles. The highest BCUT2D eigenvalue weighted by Crippen LogP contribution is 2.32. The summed E-state index contributed by atoms with van der Waals surface area (Å²) in [6.45, 7) is 1.94. The molecule has 1 aromatic heterocycles. The predicted octanol–water partition coefficient (Wildman–Crippen LogP) is 4.71. The number of aromatic nitrogens is 2. The Hall–Kier alpha value is -2.58. The zero-order valence-corrected chi connectivity index (χ0v) is 16.3. The molecule has 0 unspecified atom stereocenters. The Morgan fingerprint density at radius 1 is 1.04 bits per heavy atom. The maximum absolute atomic E-state index is 12.1. The molecule has 134 valence electrons. The number of nitrogens with one attached hydrogen (secondary N) is 2. The summed E-state index contributed by atoms with van der Waals surface area (Å²) in [7, 11) is 4.01. The minimum atomic E-state index is -0.331. The molecular weight excluding hydrogens is 366 g/mol. The topological polar surface area (TPSA) is 70.1 Å². The maximum atomic E-state index is 12.1.